The fourth-order valence-corrected chi connectivity index (χ4v) is 4.01. The van der Waals surface area contributed by atoms with Gasteiger partial charge in [-0.25, -0.2) is 4.98 Å². The van der Waals surface area contributed by atoms with Crippen molar-refractivity contribution in [2.45, 2.75) is 72.6 Å². The fraction of sp³-hybridized carbons (Fsp3) is 0.550. The molecule has 1 nitrogen and oxygen atoms in total. The van der Waals surface area contributed by atoms with Gasteiger partial charge in [-0.2, -0.15) is 0 Å². The van der Waals surface area contributed by atoms with Gasteiger partial charge in [0.1, 0.15) is 0 Å². The third kappa shape index (κ3) is 4.67. The summed E-state index contributed by atoms with van der Waals surface area (Å²) < 4.78 is 0. The van der Waals surface area contributed by atoms with Crippen LogP contribution in [0, 0.1) is 20.8 Å². The number of benzene rings is 1. The summed E-state index contributed by atoms with van der Waals surface area (Å²) in [6, 6.07) is 4.52. The number of thiazole rings is 1. The molecular weight excluding hydrogens is 286 g/mol. The van der Waals surface area contributed by atoms with Crippen LogP contribution in [0.1, 0.15) is 67.1 Å². The van der Waals surface area contributed by atoms with E-state index in [9.17, 15) is 0 Å². The van der Waals surface area contributed by atoms with Crippen molar-refractivity contribution < 1.29 is 0 Å². The molecule has 0 saturated carbocycles. The monoisotopic (exact) mass is 315 g/mol. The topological polar surface area (TPSA) is 12.9 Å². The van der Waals surface area contributed by atoms with Crippen LogP contribution in [0.4, 0.5) is 0 Å². The van der Waals surface area contributed by atoms with Crippen molar-refractivity contribution in [3.8, 4) is 11.3 Å². The van der Waals surface area contributed by atoms with Crippen LogP contribution in [0.2, 0.25) is 0 Å². The summed E-state index contributed by atoms with van der Waals surface area (Å²) in [5.74, 6) is 0. The normalized spacial score (nSPS) is 11.1. The van der Waals surface area contributed by atoms with E-state index in [0.717, 1.165) is 6.42 Å². The third-order valence-electron chi connectivity index (χ3n) is 4.23. The Morgan fingerprint density at radius 3 is 2.23 bits per heavy atom. The predicted octanol–water partition coefficient (Wildman–Crippen LogP) is 6.64. The Kier molecular flexibility index (Phi) is 6.63. The molecule has 1 aromatic heterocycles. The summed E-state index contributed by atoms with van der Waals surface area (Å²) in [5.41, 5.74) is 6.51. The summed E-state index contributed by atoms with van der Waals surface area (Å²) in [6.07, 6.45) is 9.24. The second kappa shape index (κ2) is 8.47. The predicted molar refractivity (Wildman–Crippen MR) is 98.8 cm³/mol. The molecule has 0 amide bonds. The minimum atomic E-state index is 1.14. The summed E-state index contributed by atoms with van der Waals surface area (Å²) in [5, 5.41) is 3.53. The van der Waals surface area contributed by atoms with Gasteiger partial charge in [-0.1, -0.05) is 56.7 Å². The van der Waals surface area contributed by atoms with Gasteiger partial charge in [0.05, 0.1) is 10.7 Å². The Hall–Kier alpha value is -1.15. The highest BCUT2D eigenvalue weighted by Crippen LogP contribution is 2.29. The molecule has 0 aliphatic carbocycles. The zero-order valence-electron chi connectivity index (χ0n) is 14.5. The van der Waals surface area contributed by atoms with Gasteiger partial charge in [-0.15, -0.1) is 11.3 Å². The van der Waals surface area contributed by atoms with Crippen LogP contribution in [-0.2, 0) is 6.42 Å². The lowest BCUT2D eigenvalue weighted by atomic mass is 9.98. The molecule has 0 radical (unpaired) electrons. The van der Waals surface area contributed by atoms with E-state index in [1.807, 2.05) is 11.3 Å². The minimum absolute atomic E-state index is 1.14. The molecule has 2 heteroatoms. The molecule has 0 N–H and O–H groups in total. The van der Waals surface area contributed by atoms with Crippen molar-refractivity contribution in [3.63, 3.8) is 0 Å². The van der Waals surface area contributed by atoms with Crippen LogP contribution in [0.5, 0.6) is 0 Å². The van der Waals surface area contributed by atoms with E-state index in [2.05, 4.69) is 45.2 Å². The van der Waals surface area contributed by atoms with E-state index in [0.29, 0.717) is 0 Å². The Labute approximate surface area is 139 Å². The van der Waals surface area contributed by atoms with Crippen LogP contribution in [0.15, 0.2) is 17.5 Å². The number of rotatable bonds is 8. The second-order valence-electron chi connectivity index (χ2n) is 6.42. The zero-order chi connectivity index (χ0) is 15.9. The van der Waals surface area contributed by atoms with Gasteiger partial charge in [0.2, 0.25) is 0 Å². The van der Waals surface area contributed by atoms with Crippen molar-refractivity contribution in [3.05, 3.63) is 39.2 Å². The summed E-state index contributed by atoms with van der Waals surface area (Å²) in [6.45, 7) is 8.82. The molecule has 0 saturated heterocycles. The molecular formula is C20H29NS. The SMILES string of the molecule is CCCCCCCCc1nc(-c2c(C)cc(C)cc2C)cs1. The van der Waals surface area contributed by atoms with Gasteiger partial charge in [-0.05, 0) is 44.7 Å². The Morgan fingerprint density at radius 2 is 1.55 bits per heavy atom. The maximum atomic E-state index is 4.88. The molecule has 0 aliphatic rings. The Balaban J connectivity index is 1.94. The molecule has 2 aromatic rings. The number of nitrogens with zero attached hydrogens (tertiary/aromatic N) is 1. The molecule has 0 atom stereocenters. The van der Waals surface area contributed by atoms with E-state index >= 15 is 0 Å². The summed E-state index contributed by atoms with van der Waals surface area (Å²) in [7, 11) is 0. The lowest BCUT2D eigenvalue weighted by Gasteiger charge is -2.08. The lowest BCUT2D eigenvalue weighted by molar-refractivity contribution is 0.607. The van der Waals surface area contributed by atoms with Gasteiger partial charge in [-0.3, -0.25) is 0 Å². The van der Waals surface area contributed by atoms with Crippen LogP contribution in [0.25, 0.3) is 11.3 Å². The largest absolute Gasteiger partial charge is 0.241 e. The Bertz CT molecular complexity index is 574. The molecule has 0 fully saturated rings. The first-order chi connectivity index (χ1) is 10.6. The maximum absolute atomic E-state index is 4.88. The highest BCUT2D eigenvalue weighted by atomic mass is 32.1. The molecule has 1 heterocycles. The van der Waals surface area contributed by atoms with Gasteiger partial charge in [0.15, 0.2) is 0 Å². The molecule has 1 aromatic carbocycles. The molecule has 0 aliphatic heterocycles. The van der Waals surface area contributed by atoms with Gasteiger partial charge in [0, 0.05) is 10.9 Å². The highest BCUT2D eigenvalue weighted by molar-refractivity contribution is 7.09. The van der Waals surface area contributed by atoms with E-state index in [1.165, 1.54) is 71.5 Å². The standard InChI is InChI=1S/C20H29NS/c1-5-6-7-8-9-10-11-19-21-18(14-22-19)20-16(3)12-15(2)13-17(20)4/h12-14H,5-11H2,1-4H3. The fourth-order valence-electron chi connectivity index (χ4n) is 3.18. The first-order valence-corrected chi connectivity index (χ1v) is 9.52. The van der Waals surface area contributed by atoms with Crippen LogP contribution in [-0.4, -0.2) is 4.98 Å². The van der Waals surface area contributed by atoms with E-state index in [1.54, 1.807) is 0 Å². The Morgan fingerprint density at radius 1 is 0.909 bits per heavy atom. The summed E-state index contributed by atoms with van der Waals surface area (Å²) in [4.78, 5) is 4.88. The van der Waals surface area contributed by atoms with Gasteiger partial charge >= 0.3 is 0 Å². The van der Waals surface area contributed by atoms with Crippen LogP contribution in [0.3, 0.4) is 0 Å². The van der Waals surface area contributed by atoms with Crippen molar-refractivity contribution in [2.24, 2.45) is 0 Å². The third-order valence-corrected chi connectivity index (χ3v) is 5.14. The minimum Gasteiger partial charge on any atom is -0.241 e. The molecule has 0 spiro atoms. The van der Waals surface area contributed by atoms with Gasteiger partial charge in [0.25, 0.3) is 0 Å². The number of hydrogen-bond acceptors (Lipinski definition) is 2. The smallest absolute Gasteiger partial charge is 0.0932 e. The van der Waals surface area contributed by atoms with Crippen molar-refractivity contribution in [1.29, 1.82) is 0 Å². The first-order valence-electron chi connectivity index (χ1n) is 8.64. The maximum Gasteiger partial charge on any atom is 0.0932 e. The van der Waals surface area contributed by atoms with Crippen molar-refractivity contribution in [1.82, 2.24) is 4.98 Å². The van der Waals surface area contributed by atoms with Crippen molar-refractivity contribution >= 4 is 11.3 Å². The van der Waals surface area contributed by atoms with Gasteiger partial charge < -0.3 is 0 Å². The number of hydrogen-bond donors (Lipinski definition) is 0. The number of unbranched alkanes of at least 4 members (excludes halogenated alkanes) is 5. The average molecular weight is 316 g/mol. The van der Waals surface area contributed by atoms with Crippen LogP contribution < -0.4 is 0 Å². The summed E-state index contributed by atoms with van der Waals surface area (Å²) >= 11 is 1.82. The molecule has 2 rings (SSSR count). The molecule has 0 bridgehead atoms. The zero-order valence-corrected chi connectivity index (χ0v) is 15.4. The average Bonchev–Trinajstić information content (AvgIpc) is 2.90. The first kappa shape index (κ1) is 17.2. The number of aromatic nitrogens is 1. The second-order valence-corrected chi connectivity index (χ2v) is 7.36. The lowest BCUT2D eigenvalue weighted by Crippen LogP contribution is -1.91. The van der Waals surface area contributed by atoms with E-state index in [-0.39, 0.29) is 0 Å². The van der Waals surface area contributed by atoms with Crippen molar-refractivity contribution in [2.75, 3.05) is 0 Å². The van der Waals surface area contributed by atoms with E-state index < -0.39 is 0 Å². The quantitative estimate of drug-likeness (QED) is 0.498. The molecule has 0 unspecified atom stereocenters. The molecule has 22 heavy (non-hydrogen) atoms. The van der Waals surface area contributed by atoms with E-state index in [4.69, 9.17) is 4.98 Å². The van der Waals surface area contributed by atoms with Crippen LogP contribution >= 0.6 is 11.3 Å². The highest BCUT2D eigenvalue weighted by Gasteiger charge is 2.10. The molecule has 120 valence electrons. The number of aryl methyl sites for hydroxylation is 4.